The Morgan fingerprint density at radius 2 is 2.42 bits per heavy atom. The summed E-state index contributed by atoms with van der Waals surface area (Å²) in [5, 5.41) is 4.30. The summed E-state index contributed by atoms with van der Waals surface area (Å²) >= 11 is 2.13. The van der Waals surface area contributed by atoms with Crippen molar-refractivity contribution in [1.82, 2.24) is 14.9 Å². The summed E-state index contributed by atoms with van der Waals surface area (Å²) < 4.78 is 2.51. The second-order valence-electron chi connectivity index (χ2n) is 6.17. The van der Waals surface area contributed by atoms with Gasteiger partial charge < -0.3 is 9.88 Å². The first-order valence-corrected chi connectivity index (χ1v) is 8.64. The highest BCUT2D eigenvalue weighted by molar-refractivity contribution is 7.99. The van der Waals surface area contributed by atoms with E-state index in [9.17, 15) is 0 Å². The molecule has 106 valence electrons. The lowest BCUT2D eigenvalue weighted by molar-refractivity contribution is 0.430. The maximum absolute atomic E-state index is 4.48. The molecule has 3 nitrogen and oxygen atoms in total. The molecule has 0 bridgehead atoms. The minimum atomic E-state index is 0.278. The van der Waals surface area contributed by atoms with E-state index in [4.69, 9.17) is 0 Å². The van der Waals surface area contributed by atoms with Crippen LogP contribution >= 0.6 is 11.8 Å². The lowest BCUT2D eigenvalue weighted by Gasteiger charge is -2.29. The van der Waals surface area contributed by atoms with Gasteiger partial charge in [0.25, 0.3) is 0 Å². The van der Waals surface area contributed by atoms with Gasteiger partial charge in [-0.05, 0) is 31.6 Å². The summed E-state index contributed by atoms with van der Waals surface area (Å²) in [5.41, 5.74) is 1.73. The van der Waals surface area contributed by atoms with Crippen molar-refractivity contribution in [3.8, 4) is 0 Å². The Bertz CT molecular complexity index is 423. The zero-order valence-corrected chi connectivity index (χ0v) is 12.9. The smallest absolute Gasteiger partial charge is 0.0951 e. The number of imidazole rings is 1. The van der Waals surface area contributed by atoms with Crippen LogP contribution in [0.25, 0.3) is 0 Å². The standard InChI is InChI=1S/C15H25N3S/c1-3-19-13-6-4-5-12(13)18-11-17-9-14(18)15(2)7-8-16-10-15/h9,11-13,16H,3-8,10H2,1-2H3. The number of rotatable bonds is 4. The van der Waals surface area contributed by atoms with Crippen LogP contribution in [0.1, 0.15) is 51.3 Å². The van der Waals surface area contributed by atoms with E-state index in [0.717, 1.165) is 18.3 Å². The van der Waals surface area contributed by atoms with Gasteiger partial charge >= 0.3 is 0 Å². The number of thioether (sulfide) groups is 1. The van der Waals surface area contributed by atoms with Gasteiger partial charge in [-0.3, -0.25) is 0 Å². The SMILES string of the molecule is CCSC1CCCC1n1cncc1C1(C)CCNC1. The van der Waals surface area contributed by atoms with Crippen molar-refractivity contribution in [2.45, 2.75) is 56.2 Å². The van der Waals surface area contributed by atoms with E-state index in [1.807, 2.05) is 0 Å². The topological polar surface area (TPSA) is 29.9 Å². The molecule has 1 aliphatic carbocycles. The summed E-state index contributed by atoms with van der Waals surface area (Å²) in [7, 11) is 0. The van der Waals surface area contributed by atoms with Crippen LogP contribution in [0.2, 0.25) is 0 Å². The van der Waals surface area contributed by atoms with Crippen molar-refractivity contribution < 1.29 is 0 Å². The zero-order valence-electron chi connectivity index (χ0n) is 12.1. The average molecular weight is 279 g/mol. The maximum atomic E-state index is 4.48. The van der Waals surface area contributed by atoms with E-state index in [-0.39, 0.29) is 5.41 Å². The number of hydrogen-bond donors (Lipinski definition) is 1. The van der Waals surface area contributed by atoms with Crippen LogP contribution in [-0.2, 0) is 5.41 Å². The third-order valence-corrected chi connectivity index (χ3v) is 6.12. The second kappa shape index (κ2) is 5.49. The summed E-state index contributed by atoms with van der Waals surface area (Å²) in [6, 6.07) is 0.667. The van der Waals surface area contributed by atoms with E-state index in [2.05, 4.69) is 53.0 Å². The molecule has 2 heterocycles. The molecule has 1 saturated carbocycles. The van der Waals surface area contributed by atoms with E-state index in [1.165, 1.54) is 37.1 Å². The molecule has 2 aliphatic rings. The molecule has 3 atom stereocenters. The third-order valence-electron chi connectivity index (χ3n) is 4.81. The number of nitrogens with zero attached hydrogens (tertiary/aromatic N) is 2. The van der Waals surface area contributed by atoms with Crippen LogP contribution in [0.4, 0.5) is 0 Å². The molecule has 2 fully saturated rings. The summed E-state index contributed by atoms with van der Waals surface area (Å²) in [5.74, 6) is 1.23. The summed E-state index contributed by atoms with van der Waals surface area (Å²) in [4.78, 5) is 4.48. The van der Waals surface area contributed by atoms with Gasteiger partial charge in [-0.25, -0.2) is 4.98 Å². The molecule has 0 amide bonds. The maximum Gasteiger partial charge on any atom is 0.0951 e. The molecule has 3 rings (SSSR count). The lowest BCUT2D eigenvalue weighted by atomic mass is 9.86. The van der Waals surface area contributed by atoms with Gasteiger partial charge in [0, 0.05) is 35.1 Å². The highest BCUT2D eigenvalue weighted by atomic mass is 32.2. The highest BCUT2D eigenvalue weighted by Gasteiger charge is 2.37. The van der Waals surface area contributed by atoms with Crippen molar-refractivity contribution in [3.05, 3.63) is 18.2 Å². The summed E-state index contributed by atoms with van der Waals surface area (Å²) in [6.07, 6.45) is 9.49. The van der Waals surface area contributed by atoms with E-state index >= 15 is 0 Å². The van der Waals surface area contributed by atoms with Crippen LogP contribution in [0, 0.1) is 0 Å². The predicted molar refractivity (Wildman–Crippen MR) is 81.9 cm³/mol. The normalized spacial score (nSPS) is 35.1. The molecule has 3 unspecified atom stereocenters. The number of aromatic nitrogens is 2. The number of nitrogens with one attached hydrogen (secondary N) is 1. The monoisotopic (exact) mass is 279 g/mol. The Hall–Kier alpha value is -0.480. The average Bonchev–Trinajstić information content (AvgIpc) is 3.07. The fraction of sp³-hybridized carbons (Fsp3) is 0.800. The molecule has 1 N–H and O–H groups in total. The molecule has 1 aliphatic heterocycles. The van der Waals surface area contributed by atoms with Crippen LogP contribution in [0.3, 0.4) is 0 Å². The zero-order chi connectivity index (χ0) is 13.3. The first-order chi connectivity index (χ1) is 9.24. The van der Waals surface area contributed by atoms with Crippen molar-refractivity contribution in [3.63, 3.8) is 0 Å². The van der Waals surface area contributed by atoms with Crippen molar-refractivity contribution >= 4 is 11.8 Å². The van der Waals surface area contributed by atoms with Gasteiger partial charge in [0.15, 0.2) is 0 Å². The van der Waals surface area contributed by atoms with Gasteiger partial charge in [0.2, 0.25) is 0 Å². The molecule has 19 heavy (non-hydrogen) atoms. The minimum Gasteiger partial charge on any atom is -0.330 e. The van der Waals surface area contributed by atoms with Crippen LogP contribution < -0.4 is 5.32 Å². The first-order valence-electron chi connectivity index (χ1n) is 7.59. The molecule has 0 radical (unpaired) electrons. The summed E-state index contributed by atoms with van der Waals surface area (Å²) in [6.45, 7) is 6.89. The molecule has 1 aromatic heterocycles. The minimum absolute atomic E-state index is 0.278. The fourth-order valence-electron chi connectivity index (χ4n) is 3.71. The molecular formula is C15H25N3S. The van der Waals surface area contributed by atoms with E-state index in [0.29, 0.717) is 6.04 Å². The molecule has 0 aromatic carbocycles. The Kier molecular flexibility index (Phi) is 3.90. The molecule has 4 heteroatoms. The van der Waals surface area contributed by atoms with E-state index < -0.39 is 0 Å². The lowest BCUT2D eigenvalue weighted by Crippen LogP contribution is -2.30. The Morgan fingerprint density at radius 3 is 3.16 bits per heavy atom. The van der Waals surface area contributed by atoms with Gasteiger partial charge in [0.05, 0.1) is 6.33 Å². The van der Waals surface area contributed by atoms with Crippen LogP contribution in [0.5, 0.6) is 0 Å². The Morgan fingerprint density at radius 1 is 1.53 bits per heavy atom. The quantitative estimate of drug-likeness (QED) is 0.919. The Balaban J connectivity index is 1.87. The first kappa shape index (κ1) is 13.5. The largest absolute Gasteiger partial charge is 0.330 e. The number of hydrogen-bond acceptors (Lipinski definition) is 3. The fourth-order valence-corrected chi connectivity index (χ4v) is 4.96. The third kappa shape index (κ3) is 2.45. The highest BCUT2D eigenvalue weighted by Crippen LogP contribution is 2.41. The van der Waals surface area contributed by atoms with Gasteiger partial charge in [-0.2, -0.15) is 11.8 Å². The van der Waals surface area contributed by atoms with Crippen molar-refractivity contribution in [1.29, 1.82) is 0 Å². The van der Waals surface area contributed by atoms with Gasteiger partial charge in [0.1, 0.15) is 0 Å². The van der Waals surface area contributed by atoms with E-state index in [1.54, 1.807) is 0 Å². The predicted octanol–water partition coefficient (Wildman–Crippen LogP) is 2.98. The molecular weight excluding hydrogens is 254 g/mol. The Labute approximate surface area is 120 Å². The van der Waals surface area contributed by atoms with Crippen LogP contribution in [0.15, 0.2) is 12.5 Å². The molecule has 0 spiro atoms. The second-order valence-corrected chi connectivity index (χ2v) is 7.68. The van der Waals surface area contributed by atoms with Gasteiger partial charge in [-0.1, -0.05) is 20.3 Å². The van der Waals surface area contributed by atoms with Crippen LogP contribution in [-0.4, -0.2) is 33.6 Å². The van der Waals surface area contributed by atoms with Crippen molar-refractivity contribution in [2.24, 2.45) is 0 Å². The van der Waals surface area contributed by atoms with Crippen molar-refractivity contribution in [2.75, 3.05) is 18.8 Å². The molecule has 1 saturated heterocycles. The molecule has 1 aromatic rings. The van der Waals surface area contributed by atoms with Gasteiger partial charge in [-0.15, -0.1) is 0 Å².